The second-order valence-electron chi connectivity index (χ2n) is 21.1. The Bertz CT molecular complexity index is 2280. The Kier molecular flexibility index (Phi) is 13.7. The molecule has 3 aromatic rings. The topological polar surface area (TPSA) is 184 Å². The Morgan fingerprint density at radius 3 is 1.62 bits per heavy atom. The predicted molar refractivity (Wildman–Crippen MR) is 257 cm³/mol. The highest BCUT2D eigenvalue weighted by Crippen LogP contribution is 2.55. The zero-order valence-corrected chi connectivity index (χ0v) is 40.6. The number of anilines is 1. The van der Waals surface area contributed by atoms with Gasteiger partial charge in [-0.05, 0) is 105 Å². The number of carbonyl (C=O) groups is 4. The van der Waals surface area contributed by atoms with Crippen molar-refractivity contribution < 1.29 is 28.7 Å². The molecule has 0 spiro atoms. The number of ether oxygens (including phenoxy) is 2. The highest BCUT2D eigenvalue weighted by atomic mass is 16.5. The number of hydrogen-bond acceptors (Lipinski definition) is 9. The van der Waals surface area contributed by atoms with Crippen LogP contribution in [0.5, 0.6) is 0 Å². The number of amides is 6. The number of aromatic nitrogens is 4. The smallest absolute Gasteiger partial charge is 0.318 e. The molecule has 17 nitrogen and oxygen atoms in total. The molecule has 7 heterocycles. The van der Waals surface area contributed by atoms with Crippen LogP contribution in [-0.2, 0) is 19.1 Å². The highest BCUT2D eigenvalue weighted by molar-refractivity contribution is 5.89. The van der Waals surface area contributed by atoms with Crippen molar-refractivity contribution in [2.24, 2.45) is 11.8 Å². The summed E-state index contributed by atoms with van der Waals surface area (Å²) in [7, 11) is 0. The van der Waals surface area contributed by atoms with E-state index in [0.29, 0.717) is 83.4 Å². The standard InChI is InChI=1S/C51H73N11O6/c1-31(2)44(56-50(65)59-21-25-67-26-22-59)48(63)61-17-5-7-40(61)46-52-29-37(54-46)33-15-19-58(20-16-33)39-14-13-36(42-34-9-11-35(12-10-34)43(39)42)38-30-53-47(55-38)41-8-6-18-62(41)49(64)45(32(3)4)57-51(66)60-23-27-68-28-24-60/h13-14,29-35,40-41,44-45H,5-12,15-28H2,1-4H3,(H,52,54)(H,53,55)(H,56,65)(H,57,66). The van der Waals surface area contributed by atoms with Gasteiger partial charge in [-0.3, -0.25) is 9.59 Å². The number of rotatable bonds is 11. The van der Waals surface area contributed by atoms with Crippen LogP contribution in [0, 0.1) is 11.8 Å². The lowest BCUT2D eigenvalue weighted by molar-refractivity contribution is -0.136. The third-order valence-electron chi connectivity index (χ3n) is 16.3. The van der Waals surface area contributed by atoms with E-state index in [2.05, 4.69) is 37.6 Å². The van der Waals surface area contributed by atoms with Crippen LogP contribution in [0.2, 0.25) is 0 Å². The SMILES string of the molecule is CC(C)C(NC(=O)N1CCOCC1)C(=O)N1CCCC1c1ncc(-c2ccc(N3CCC(c4cnc(C5CCCN5C(=O)C(NC(=O)N5CCOCC5)C(C)C)[nH]4)CC3)c3c2C2CCC3CC2)[nH]1. The summed E-state index contributed by atoms with van der Waals surface area (Å²) in [5, 5.41) is 6.13. The minimum atomic E-state index is -0.621. The number of nitrogens with zero attached hydrogens (tertiary/aromatic N) is 7. The number of hydrogen-bond donors (Lipinski definition) is 4. The summed E-state index contributed by atoms with van der Waals surface area (Å²) in [5.74, 6) is 2.86. The molecular weight excluding hydrogens is 863 g/mol. The Morgan fingerprint density at radius 1 is 0.588 bits per heavy atom. The number of H-pyrrole nitrogens is 2. The first-order valence-corrected chi connectivity index (χ1v) is 25.9. The summed E-state index contributed by atoms with van der Waals surface area (Å²) >= 11 is 0. The second-order valence-corrected chi connectivity index (χ2v) is 21.1. The minimum absolute atomic E-state index is 0.0400. The summed E-state index contributed by atoms with van der Waals surface area (Å²) in [6.07, 6.45) is 14.3. The zero-order valence-electron chi connectivity index (χ0n) is 40.6. The number of morpholine rings is 2. The molecule has 11 rings (SSSR count). The molecule has 5 saturated heterocycles. The summed E-state index contributed by atoms with van der Waals surface area (Å²) in [5.41, 5.74) is 7.80. The van der Waals surface area contributed by atoms with Crippen molar-refractivity contribution in [2.75, 3.05) is 83.7 Å². The number of urea groups is 2. The third-order valence-corrected chi connectivity index (χ3v) is 16.3. The van der Waals surface area contributed by atoms with E-state index in [0.717, 1.165) is 74.7 Å². The Balaban J connectivity index is 0.808. The van der Waals surface area contributed by atoms with Crippen molar-refractivity contribution in [3.63, 3.8) is 0 Å². The van der Waals surface area contributed by atoms with Crippen LogP contribution in [0.25, 0.3) is 11.3 Å². The maximum absolute atomic E-state index is 14.2. The van der Waals surface area contributed by atoms with E-state index in [1.807, 2.05) is 49.9 Å². The van der Waals surface area contributed by atoms with Gasteiger partial charge >= 0.3 is 12.1 Å². The monoisotopic (exact) mass is 936 g/mol. The van der Waals surface area contributed by atoms with Crippen LogP contribution >= 0.6 is 0 Å². The first-order valence-electron chi connectivity index (χ1n) is 25.9. The molecule has 368 valence electrons. The summed E-state index contributed by atoms with van der Waals surface area (Å²) in [4.78, 5) is 81.9. The molecule has 4 N–H and O–H groups in total. The first kappa shape index (κ1) is 46.6. The van der Waals surface area contributed by atoms with E-state index in [-0.39, 0.29) is 47.8 Å². The van der Waals surface area contributed by atoms with Crippen LogP contribution in [0.4, 0.5) is 15.3 Å². The van der Waals surface area contributed by atoms with Crippen molar-refractivity contribution in [3.8, 4) is 11.3 Å². The Labute approximate surface area is 400 Å². The number of likely N-dealkylation sites (tertiary alicyclic amines) is 2. The molecule has 6 amide bonds. The van der Waals surface area contributed by atoms with Gasteiger partial charge in [-0.1, -0.05) is 33.8 Å². The molecule has 4 unspecified atom stereocenters. The Hall–Kier alpha value is -5.16. The van der Waals surface area contributed by atoms with Crippen LogP contribution < -0.4 is 15.5 Å². The fraction of sp³-hybridized carbons (Fsp3) is 0.686. The number of nitrogens with one attached hydrogen (secondary N) is 4. The van der Waals surface area contributed by atoms with Gasteiger partial charge in [0.05, 0.1) is 50.4 Å². The molecule has 8 aliphatic rings. The van der Waals surface area contributed by atoms with Crippen LogP contribution in [0.1, 0.15) is 150 Å². The van der Waals surface area contributed by atoms with Crippen molar-refractivity contribution in [1.29, 1.82) is 0 Å². The van der Waals surface area contributed by atoms with E-state index >= 15 is 0 Å². The van der Waals surface area contributed by atoms with Crippen molar-refractivity contribution in [3.05, 3.63) is 53.0 Å². The van der Waals surface area contributed by atoms with Gasteiger partial charge < -0.3 is 54.6 Å². The molecule has 4 atom stereocenters. The lowest BCUT2D eigenvalue weighted by atomic mass is 9.65. The average molecular weight is 936 g/mol. The zero-order chi connectivity index (χ0) is 47.1. The van der Waals surface area contributed by atoms with Crippen LogP contribution in [0.3, 0.4) is 0 Å². The van der Waals surface area contributed by atoms with Gasteiger partial charge in [-0.2, -0.15) is 0 Å². The van der Waals surface area contributed by atoms with Gasteiger partial charge in [0.1, 0.15) is 23.7 Å². The molecule has 17 heteroatoms. The number of imidazole rings is 2. The van der Waals surface area contributed by atoms with Crippen LogP contribution in [0.15, 0.2) is 24.5 Å². The molecule has 0 radical (unpaired) electrons. The molecule has 5 aliphatic heterocycles. The van der Waals surface area contributed by atoms with Crippen molar-refractivity contribution >= 4 is 29.6 Å². The van der Waals surface area contributed by atoms with E-state index in [1.165, 1.54) is 48.1 Å². The quantitative estimate of drug-likeness (QED) is 0.169. The number of piperidine rings is 1. The summed E-state index contributed by atoms with van der Waals surface area (Å²) < 4.78 is 10.9. The van der Waals surface area contributed by atoms with Gasteiger partial charge in [0.2, 0.25) is 11.8 Å². The number of aromatic amines is 2. The fourth-order valence-corrected chi connectivity index (χ4v) is 12.5. The first-order chi connectivity index (χ1) is 33.0. The van der Waals surface area contributed by atoms with Crippen molar-refractivity contribution in [2.45, 2.75) is 134 Å². The second kappa shape index (κ2) is 20.1. The molecule has 3 aliphatic carbocycles. The maximum atomic E-state index is 14.2. The van der Waals surface area contributed by atoms with E-state index in [9.17, 15) is 19.2 Å². The minimum Gasteiger partial charge on any atom is -0.378 e. The molecule has 2 bridgehead atoms. The number of carbonyl (C=O) groups excluding carboxylic acids is 4. The lowest BCUT2D eigenvalue weighted by Crippen LogP contribution is -2.55. The molecule has 2 aromatic heterocycles. The lowest BCUT2D eigenvalue weighted by Gasteiger charge is -2.44. The average Bonchev–Trinajstić information content (AvgIpc) is 4.23. The fourth-order valence-electron chi connectivity index (χ4n) is 12.5. The Morgan fingerprint density at radius 2 is 1.09 bits per heavy atom. The molecule has 1 aromatic carbocycles. The van der Waals surface area contributed by atoms with E-state index in [4.69, 9.17) is 19.4 Å². The van der Waals surface area contributed by atoms with Gasteiger partial charge in [-0.25, -0.2) is 19.6 Å². The van der Waals surface area contributed by atoms with E-state index < -0.39 is 12.1 Å². The van der Waals surface area contributed by atoms with Crippen molar-refractivity contribution in [1.82, 2.24) is 50.2 Å². The van der Waals surface area contributed by atoms with E-state index in [1.54, 1.807) is 9.80 Å². The molecule has 68 heavy (non-hydrogen) atoms. The predicted octanol–water partition coefficient (Wildman–Crippen LogP) is 6.40. The summed E-state index contributed by atoms with van der Waals surface area (Å²) in [6, 6.07) is 2.73. The number of fused-ring (bicyclic) bond motifs is 2. The van der Waals surface area contributed by atoms with Gasteiger partial charge in [0.25, 0.3) is 0 Å². The molecular formula is C51H73N11O6. The third kappa shape index (κ3) is 9.21. The van der Waals surface area contributed by atoms with Gasteiger partial charge in [-0.15, -0.1) is 0 Å². The largest absolute Gasteiger partial charge is 0.378 e. The summed E-state index contributed by atoms with van der Waals surface area (Å²) in [6.45, 7) is 15.3. The maximum Gasteiger partial charge on any atom is 0.318 e. The molecule has 6 fully saturated rings. The van der Waals surface area contributed by atoms with Crippen LogP contribution in [-0.4, -0.2) is 154 Å². The van der Waals surface area contributed by atoms with Gasteiger partial charge in [0.15, 0.2) is 0 Å². The van der Waals surface area contributed by atoms with Gasteiger partial charge in [0, 0.05) is 81.4 Å². The highest BCUT2D eigenvalue weighted by Gasteiger charge is 2.42. The normalized spacial score (nSPS) is 25.3. The number of benzene rings is 1. The molecule has 1 saturated carbocycles.